The molecule has 0 aliphatic rings. The van der Waals surface area contributed by atoms with Gasteiger partial charge in [0.2, 0.25) is 0 Å². The molecule has 0 bridgehead atoms. The molecular weight excluding hydrogens is 206 g/mol. The number of aryl methyl sites for hydroxylation is 1. The predicted molar refractivity (Wildman–Crippen MR) is 47.7 cm³/mol. The van der Waals surface area contributed by atoms with Gasteiger partial charge in [-0.05, 0) is 13.3 Å². The highest BCUT2D eigenvalue weighted by atomic mass is 79.9. The molecule has 0 radical (unpaired) electrons. The highest BCUT2D eigenvalue weighted by Gasteiger charge is 2.04. The molecule has 0 saturated carbocycles. The van der Waals surface area contributed by atoms with E-state index in [0.717, 1.165) is 29.9 Å². The van der Waals surface area contributed by atoms with Crippen LogP contribution in [0.5, 0.6) is 0 Å². The summed E-state index contributed by atoms with van der Waals surface area (Å²) in [4.78, 5) is 0. The zero-order chi connectivity index (χ0) is 8.27. The summed E-state index contributed by atoms with van der Waals surface area (Å²) in [5, 5.41) is 8.79. The predicted octanol–water partition coefficient (Wildman–Crippen LogP) is 1.89. The second kappa shape index (κ2) is 3.85. The molecule has 1 aromatic heterocycles. The molecule has 4 heteroatoms. The molecule has 0 aliphatic heterocycles. The maximum absolute atomic E-state index is 4.02. The van der Waals surface area contributed by atoms with Crippen LogP contribution in [-0.2, 0) is 11.9 Å². The Bertz CT molecular complexity index is 232. The van der Waals surface area contributed by atoms with Gasteiger partial charge in [0.25, 0.3) is 0 Å². The highest BCUT2D eigenvalue weighted by Crippen LogP contribution is 2.05. The molecule has 0 aliphatic carbocycles. The van der Waals surface area contributed by atoms with Crippen LogP contribution in [0.3, 0.4) is 0 Å². The standard InChI is InChI=1S/C7H12BrN3/c1-3-4-11-6(2)9-10-7(11)5-8/h3-5H2,1-2H3. The molecular formula is C7H12BrN3. The van der Waals surface area contributed by atoms with E-state index in [9.17, 15) is 0 Å². The van der Waals surface area contributed by atoms with Crippen molar-refractivity contribution in [3.63, 3.8) is 0 Å². The molecule has 0 aromatic carbocycles. The van der Waals surface area contributed by atoms with E-state index in [1.165, 1.54) is 0 Å². The van der Waals surface area contributed by atoms with Crippen molar-refractivity contribution < 1.29 is 0 Å². The first kappa shape index (κ1) is 8.71. The number of hydrogen-bond acceptors (Lipinski definition) is 2. The summed E-state index contributed by atoms with van der Waals surface area (Å²) < 4.78 is 2.13. The Morgan fingerprint density at radius 3 is 2.73 bits per heavy atom. The first-order valence-electron chi connectivity index (χ1n) is 3.74. The van der Waals surface area contributed by atoms with Crippen molar-refractivity contribution in [1.82, 2.24) is 14.8 Å². The van der Waals surface area contributed by atoms with Crippen LogP contribution in [-0.4, -0.2) is 14.8 Å². The fraction of sp³-hybridized carbons (Fsp3) is 0.714. The summed E-state index contributed by atoms with van der Waals surface area (Å²) in [7, 11) is 0. The molecule has 1 heterocycles. The van der Waals surface area contributed by atoms with E-state index in [4.69, 9.17) is 0 Å². The minimum atomic E-state index is 0.786. The lowest BCUT2D eigenvalue weighted by molar-refractivity contribution is 0.637. The Balaban J connectivity index is 2.88. The Hall–Kier alpha value is -0.380. The van der Waals surface area contributed by atoms with Crippen molar-refractivity contribution >= 4 is 15.9 Å². The zero-order valence-electron chi connectivity index (χ0n) is 6.84. The molecule has 62 valence electrons. The third-order valence-corrected chi connectivity index (χ3v) is 2.08. The van der Waals surface area contributed by atoms with Gasteiger partial charge in [0.1, 0.15) is 11.6 Å². The Morgan fingerprint density at radius 1 is 1.45 bits per heavy atom. The quantitative estimate of drug-likeness (QED) is 0.725. The molecule has 0 fully saturated rings. The molecule has 0 spiro atoms. The SMILES string of the molecule is CCCn1c(C)nnc1CBr. The van der Waals surface area contributed by atoms with Gasteiger partial charge in [-0.1, -0.05) is 22.9 Å². The Morgan fingerprint density at radius 2 is 2.18 bits per heavy atom. The molecule has 0 N–H and O–H groups in total. The van der Waals surface area contributed by atoms with Crippen LogP contribution in [0.1, 0.15) is 25.0 Å². The number of nitrogens with zero attached hydrogens (tertiary/aromatic N) is 3. The number of halogens is 1. The molecule has 0 atom stereocenters. The average Bonchev–Trinajstić information content (AvgIpc) is 2.34. The summed E-state index contributed by atoms with van der Waals surface area (Å²) >= 11 is 3.37. The maximum atomic E-state index is 4.02. The minimum absolute atomic E-state index is 0.786. The number of rotatable bonds is 3. The topological polar surface area (TPSA) is 30.7 Å². The van der Waals surface area contributed by atoms with Gasteiger partial charge in [0.05, 0.1) is 5.33 Å². The van der Waals surface area contributed by atoms with Gasteiger partial charge >= 0.3 is 0 Å². The summed E-state index contributed by atoms with van der Waals surface area (Å²) in [6.45, 7) is 5.14. The first-order chi connectivity index (χ1) is 5.29. The lowest BCUT2D eigenvalue weighted by atomic mass is 10.4. The number of hydrogen-bond donors (Lipinski definition) is 0. The monoisotopic (exact) mass is 217 g/mol. The van der Waals surface area contributed by atoms with E-state index in [2.05, 4.69) is 37.6 Å². The van der Waals surface area contributed by atoms with E-state index in [0.29, 0.717) is 0 Å². The molecule has 3 nitrogen and oxygen atoms in total. The van der Waals surface area contributed by atoms with Gasteiger partial charge in [-0.15, -0.1) is 10.2 Å². The van der Waals surface area contributed by atoms with Crippen LogP contribution in [0.25, 0.3) is 0 Å². The largest absolute Gasteiger partial charge is 0.315 e. The maximum Gasteiger partial charge on any atom is 0.143 e. The van der Waals surface area contributed by atoms with Crippen LogP contribution in [0, 0.1) is 6.92 Å². The zero-order valence-corrected chi connectivity index (χ0v) is 8.43. The van der Waals surface area contributed by atoms with E-state index in [1.54, 1.807) is 0 Å². The molecule has 11 heavy (non-hydrogen) atoms. The van der Waals surface area contributed by atoms with E-state index in [1.807, 2.05) is 6.92 Å². The molecule has 0 saturated heterocycles. The van der Waals surface area contributed by atoms with Gasteiger partial charge in [0, 0.05) is 6.54 Å². The van der Waals surface area contributed by atoms with Gasteiger partial charge < -0.3 is 4.57 Å². The molecule has 1 rings (SSSR count). The number of aromatic nitrogens is 3. The van der Waals surface area contributed by atoms with Crippen molar-refractivity contribution in [3.8, 4) is 0 Å². The molecule has 0 amide bonds. The lowest BCUT2D eigenvalue weighted by Crippen LogP contribution is -2.03. The normalized spacial score (nSPS) is 10.5. The van der Waals surface area contributed by atoms with Crippen molar-refractivity contribution in [2.75, 3.05) is 0 Å². The summed E-state index contributed by atoms with van der Waals surface area (Å²) in [5.41, 5.74) is 0. The molecule has 0 unspecified atom stereocenters. The minimum Gasteiger partial charge on any atom is -0.315 e. The Kier molecular flexibility index (Phi) is 3.05. The smallest absolute Gasteiger partial charge is 0.143 e. The fourth-order valence-electron chi connectivity index (χ4n) is 1.04. The van der Waals surface area contributed by atoms with Crippen LogP contribution in [0.4, 0.5) is 0 Å². The van der Waals surface area contributed by atoms with Crippen LogP contribution in [0.2, 0.25) is 0 Å². The number of alkyl halides is 1. The average molecular weight is 218 g/mol. The highest BCUT2D eigenvalue weighted by molar-refractivity contribution is 9.08. The summed E-state index contributed by atoms with van der Waals surface area (Å²) in [6.07, 6.45) is 1.12. The first-order valence-corrected chi connectivity index (χ1v) is 4.86. The third kappa shape index (κ3) is 1.80. The van der Waals surface area contributed by atoms with E-state index >= 15 is 0 Å². The van der Waals surface area contributed by atoms with Crippen LogP contribution in [0.15, 0.2) is 0 Å². The van der Waals surface area contributed by atoms with Crippen molar-refractivity contribution in [1.29, 1.82) is 0 Å². The van der Waals surface area contributed by atoms with Crippen molar-refractivity contribution in [2.24, 2.45) is 0 Å². The fourth-order valence-corrected chi connectivity index (χ4v) is 1.45. The Labute approximate surface area is 75.0 Å². The van der Waals surface area contributed by atoms with Gasteiger partial charge in [0.15, 0.2) is 0 Å². The van der Waals surface area contributed by atoms with E-state index in [-0.39, 0.29) is 0 Å². The third-order valence-electron chi connectivity index (χ3n) is 1.58. The molecule has 1 aromatic rings. The van der Waals surface area contributed by atoms with Crippen LogP contribution < -0.4 is 0 Å². The lowest BCUT2D eigenvalue weighted by Gasteiger charge is -2.03. The second-order valence-corrected chi connectivity index (χ2v) is 3.01. The van der Waals surface area contributed by atoms with Gasteiger partial charge in [-0.2, -0.15) is 0 Å². The van der Waals surface area contributed by atoms with Gasteiger partial charge in [-0.25, -0.2) is 0 Å². The summed E-state index contributed by atoms with van der Waals surface area (Å²) in [6, 6.07) is 0. The second-order valence-electron chi connectivity index (χ2n) is 2.45. The van der Waals surface area contributed by atoms with Gasteiger partial charge in [-0.3, -0.25) is 0 Å². The van der Waals surface area contributed by atoms with Crippen molar-refractivity contribution in [3.05, 3.63) is 11.6 Å². The van der Waals surface area contributed by atoms with Crippen molar-refractivity contribution in [2.45, 2.75) is 32.1 Å². The van der Waals surface area contributed by atoms with Crippen LogP contribution >= 0.6 is 15.9 Å². The summed E-state index contributed by atoms with van der Waals surface area (Å²) in [5.74, 6) is 2.02. The van der Waals surface area contributed by atoms with E-state index < -0.39 is 0 Å².